The van der Waals surface area contributed by atoms with E-state index in [2.05, 4.69) is 30.3 Å². The lowest BCUT2D eigenvalue weighted by molar-refractivity contribution is 0.610. The van der Waals surface area contributed by atoms with Gasteiger partial charge in [-0.3, -0.25) is 0 Å². The van der Waals surface area contributed by atoms with Crippen LogP contribution >= 0.6 is 0 Å². The number of halogens is 2. The third-order valence-electron chi connectivity index (χ3n) is 4.96. The molecule has 2 heterocycles. The smallest absolute Gasteiger partial charge is 0.247 e. The van der Waals surface area contributed by atoms with Crippen LogP contribution in [-0.4, -0.2) is 47.9 Å². The number of benzene rings is 2. The van der Waals surface area contributed by atoms with Gasteiger partial charge in [0, 0.05) is 38.4 Å². The normalized spacial score (nSPS) is 14.1. The summed E-state index contributed by atoms with van der Waals surface area (Å²) in [5.41, 5.74) is 1.67. The fraction of sp³-hybridized carbons (Fsp3) is 0.286. The second-order valence-electron chi connectivity index (χ2n) is 6.86. The first-order chi connectivity index (χ1) is 14.2. The minimum atomic E-state index is -0.230. The number of piperazine rings is 1. The topological polar surface area (TPSA) is 57.2 Å². The summed E-state index contributed by atoms with van der Waals surface area (Å²) < 4.78 is 26.8. The summed E-state index contributed by atoms with van der Waals surface area (Å²) in [4.78, 5) is 8.83. The number of hydrogen-bond acceptors (Lipinski definition) is 6. The summed E-state index contributed by atoms with van der Waals surface area (Å²) in [6.45, 7) is 3.63. The molecule has 150 valence electrons. The molecular weight excluding hydrogens is 374 g/mol. The van der Waals surface area contributed by atoms with Crippen LogP contribution in [0.25, 0.3) is 0 Å². The molecule has 3 aromatic rings. The summed E-state index contributed by atoms with van der Waals surface area (Å²) in [6.07, 6.45) is 2.13. The zero-order valence-electron chi connectivity index (χ0n) is 15.9. The molecule has 8 heteroatoms. The third-order valence-corrected chi connectivity index (χ3v) is 4.96. The number of rotatable bonds is 6. The highest BCUT2D eigenvalue weighted by atomic mass is 19.1. The summed E-state index contributed by atoms with van der Waals surface area (Å²) >= 11 is 0. The molecule has 0 amide bonds. The Kier molecular flexibility index (Phi) is 5.79. The van der Waals surface area contributed by atoms with Gasteiger partial charge in [0.05, 0.1) is 6.20 Å². The fourth-order valence-electron chi connectivity index (χ4n) is 3.36. The quantitative estimate of drug-likeness (QED) is 0.691. The fourth-order valence-corrected chi connectivity index (χ4v) is 3.36. The van der Waals surface area contributed by atoms with Crippen LogP contribution in [0.1, 0.15) is 5.56 Å². The second-order valence-corrected chi connectivity index (χ2v) is 6.86. The predicted molar refractivity (Wildman–Crippen MR) is 109 cm³/mol. The van der Waals surface area contributed by atoms with E-state index >= 15 is 0 Å². The highest BCUT2D eigenvalue weighted by molar-refractivity contribution is 5.49. The first kappa shape index (κ1) is 19.0. The maximum Gasteiger partial charge on any atom is 0.247 e. The van der Waals surface area contributed by atoms with Gasteiger partial charge in [-0.2, -0.15) is 10.1 Å². The molecule has 1 N–H and O–H groups in total. The molecule has 0 aliphatic carbocycles. The van der Waals surface area contributed by atoms with Crippen molar-refractivity contribution in [2.75, 3.05) is 47.8 Å². The number of hydrogen-bond donors (Lipinski definition) is 1. The molecule has 29 heavy (non-hydrogen) atoms. The van der Waals surface area contributed by atoms with Crippen LogP contribution in [0, 0.1) is 11.6 Å². The van der Waals surface area contributed by atoms with E-state index in [1.54, 1.807) is 30.5 Å². The lowest BCUT2D eigenvalue weighted by Crippen LogP contribution is -2.47. The molecule has 1 saturated heterocycles. The van der Waals surface area contributed by atoms with E-state index < -0.39 is 0 Å². The van der Waals surface area contributed by atoms with Crippen molar-refractivity contribution in [2.24, 2.45) is 0 Å². The Hall–Kier alpha value is -3.29. The molecule has 0 spiro atoms. The Balaban J connectivity index is 1.32. The Morgan fingerprint density at radius 3 is 2.38 bits per heavy atom. The summed E-state index contributed by atoms with van der Waals surface area (Å²) in [5, 5.41) is 11.4. The van der Waals surface area contributed by atoms with E-state index in [1.165, 1.54) is 18.2 Å². The van der Waals surface area contributed by atoms with Gasteiger partial charge in [-0.1, -0.05) is 18.2 Å². The largest absolute Gasteiger partial charge is 0.368 e. The zero-order chi connectivity index (χ0) is 20.1. The van der Waals surface area contributed by atoms with E-state index in [1.807, 2.05) is 6.07 Å². The van der Waals surface area contributed by atoms with Gasteiger partial charge in [0.25, 0.3) is 0 Å². The molecule has 0 atom stereocenters. The van der Waals surface area contributed by atoms with Gasteiger partial charge in [-0.25, -0.2) is 8.78 Å². The zero-order valence-corrected chi connectivity index (χ0v) is 15.9. The van der Waals surface area contributed by atoms with Crippen LogP contribution in [0.4, 0.5) is 26.2 Å². The van der Waals surface area contributed by atoms with Crippen molar-refractivity contribution in [1.29, 1.82) is 0 Å². The average molecular weight is 396 g/mol. The highest BCUT2D eigenvalue weighted by Crippen LogP contribution is 2.19. The lowest BCUT2D eigenvalue weighted by atomic mass is 10.1. The minimum Gasteiger partial charge on any atom is -0.368 e. The van der Waals surface area contributed by atoms with Crippen LogP contribution in [0.15, 0.2) is 54.7 Å². The van der Waals surface area contributed by atoms with E-state index in [4.69, 9.17) is 0 Å². The minimum absolute atomic E-state index is 0.199. The molecule has 2 aromatic carbocycles. The maximum absolute atomic E-state index is 13.7. The predicted octanol–water partition coefficient (Wildman–Crippen LogP) is 3.13. The molecule has 1 aliphatic rings. The Morgan fingerprint density at radius 1 is 0.897 bits per heavy atom. The van der Waals surface area contributed by atoms with Gasteiger partial charge in [0.1, 0.15) is 11.6 Å². The van der Waals surface area contributed by atoms with Crippen molar-refractivity contribution < 1.29 is 8.78 Å². The van der Waals surface area contributed by atoms with E-state index in [0.29, 0.717) is 30.3 Å². The monoisotopic (exact) mass is 396 g/mol. The van der Waals surface area contributed by atoms with Crippen LogP contribution in [0.2, 0.25) is 0 Å². The van der Waals surface area contributed by atoms with Gasteiger partial charge in [-0.05, 0) is 42.3 Å². The number of nitrogens with one attached hydrogen (secondary N) is 1. The van der Waals surface area contributed by atoms with Crippen molar-refractivity contribution in [3.63, 3.8) is 0 Å². The first-order valence-electron chi connectivity index (χ1n) is 9.61. The molecule has 4 rings (SSSR count). The van der Waals surface area contributed by atoms with Crippen molar-refractivity contribution in [3.05, 3.63) is 71.9 Å². The van der Waals surface area contributed by atoms with Crippen molar-refractivity contribution >= 4 is 17.5 Å². The average Bonchev–Trinajstić information content (AvgIpc) is 2.76. The van der Waals surface area contributed by atoms with Crippen LogP contribution < -0.4 is 15.1 Å². The van der Waals surface area contributed by atoms with Gasteiger partial charge in [-0.15, -0.1) is 5.10 Å². The lowest BCUT2D eigenvalue weighted by Gasteiger charge is -2.35. The first-order valence-corrected chi connectivity index (χ1v) is 9.61. The van der Waals surface area contributed by atoms with E-state index in [-0.39, 0.29) is 11.6 Å². The molecule has 0 unspecified atom stereocenters. The molecule has 6 nitrogen and oxygen atoms in total. The van der Waals surface area contributed by atoms with Crippen LogP contribution in [0.5, 0.6) is 0 Å². The second kappa shape index (κ2) is 8.81. The molecule has 0 radical (unpaired) electrons. The molecule has 0 bridgehead atoms. The highest BCUT2D eigenvalue weighted by Gasteiger charge is 2.20. The number of anilines is 3. The third kappa shape index (κ3) is 4.77. The Morgan fingerprint density at radius 2 is 1.62 bits per heavy atom. The van der Waals surface area contributed by atoms with Crippen LogP contribution in [-0.2, 0) is 6.42 Å². The van der Waals surface area contributed by atoms with Gasteiger partial charge in [0.2, 0.25) is 5.95 Å². The van der Waals surface area contributed by atoms with E-state index in [9.17, 15) is 8.78 Å². The van der Waals surface area contributed by atoms with Crippen molar-refractivity contribution in [2.45, 2.75) is 6.42 Å². The summed E-state index contributed by atoms with van der Waals surface area (Å²) in [6, 6.07) is 13.3. The molecule has 1 fully saturated rings. The molecule has 1 aromatic heterocycles. The standard InChI is InChI=1S/C21H22F2N6/c22-17-5-7-18(8-6-17)28-11-13-29(14-12-28)21-26-20(15-25-27-21)24-10-9-16-3-1-2-4-19(16)23/h1-8,15H,9-14H2,(H,24,26,27). The van der Waals surface area contributed by atoms with Gasteiger partial charge >= 0.3 is 0 Å². The Labute approximate surface area is 168 Å². The van der Waals surface area contributed by atoms with Gasteiger partial charge < -0.3 is 15.1 Å². The van der Waals surface area contributed by atoms with E-state index in [0.717, 1.165) is 31.9 Å². The van der Waals surface area contributed by atoms with Crippen LogP contribution in [0.3, 0.4) is 0 Å². The van der Waals surface area contributed by atoms with Gasteiger partial charge in [0.15, 0.2) is 5.82 Å². The number of nitrogens with zero attached hydrogens (tertiary/aromatic N) is 5. The maximum atomic E-state index is 13.7. The summed E-state index contributed by atoms with van der Waals surface area (Å²) in [5.74, 6) is 0.757. The van der Waals surface area contributed by atoms with Crippen molar-refractivity contribution in [1.82, 2.24) is 15.2 Å². The molecular formula is C21H22F2N6. The Bertz CT molecular complexity index is 942. The summed E-state index contributed by atoms with van der Waals surface area (Å²) in [7, 11) is 0. The molecule has 0 saturated carbocycles. The number of aromatic nitrogens is 3. The molecule has 1 aliphatic heterocycles. The SMILES string of the molecule is Fc1ccc(N2CCN(c3nncc(NCCc4ccccc4F)n3)CC2)cc1. The van der Waals surface area contributed by atoms with Crippen molar-refractivity contribution in [3.8, 4) is 0 Å².